The van der Waals surface area contributed by atoms with Crippen LogP contribution in [-0.2, 0) is 19.3 Å². The monoisotopic (exact) mass is 273 g/mol. The normalized spacial score (nSPS) is 14.5. The molecular weight excluding hydrogens is 254 g/mol. The highest BCUT2D eigenvalue weighted by Gasteiger charge is 2.18. The maximum Gasteiger partial charge on any atom is 0.0341 e. The van der Waals surface area contributed by atoms with Crippen LogP contribution in [0.15, 0.2) is 60.7 Å². The van der Waals surface area contributed by atoms with E-state index in [1.807, 2.05) is 6.07 Å². The zero-order valence-corrected chi connectivity index (χ0v) is 12.0. The molecule has 0 saturated carbocycles. The average Bonchev–Trinajstić information content (AvgIpc) is 2.94. The van der Waals surface area contributed by atoms with Crippen molar-refractivity contribution in [3.8, 4) is 0 Å². The predicted octanol–water partition coefficient (Wildman–Crippen LogP) is 4.18. The van der Waals surface area contributed by atoms with Gasteiger partial charge in [0.15, 0.2) is 0 Å². The third-order valence-electron chi connectivity index (χ3n) is 4.61. The fraction of sp³-hybridized carbons (Fsp3) is 0.200. The minimum Gasteiger partial charge on any atom is -0.324 e. The minimum atomic E-state index is 0.0531. The summed E-state index contributed by atoms with van der Waals surface area (Å²) in [6.45, 7) is 0. The molecular formula is C20H19N. The molecule has 0 aliphatic heterocycles. The van der Waals surface area contributed by atoms with Crippen LogP contribution in [0, 0.1) is 0 Å². The zero-order chi connectivity index (χ0) is 14.2. The van der Waals surface area contributed by atoms with Crippen LogP contribution in [0.1, 0.15) is 28.3 Å². The van der Waals surface area contributed by atoms with E-state index < -0.39 is 0 Å². The predicted molar refractivity (Wildman–Crippen MR) is 88.4 cm³/mol. The van der Waals surface area contributed by atoms with Crippen molar-refractivity contribution in [3.63, 3.8) is 0 Å². The highest BCUT2D eigenvalue weighted by Crippen LogP contribution is 2.35. The summed E-state index contributed by atoms with van der Waals surface area (Å²) in [5.41, 5.74) is 12.1. The Morgan fingerprint density at radius 1 is 0.810 bits per heavy atom. The number of hydrogen-bond acceptors (Lipinski definition) is 1. The lowest BCUT2D eigenvalue weighted by Gasteiger charge is -2.16. The first-order valence-electron chi connectivity index (χ1n) is 7.66. The van der Waals surface area contributed by atoms with Gasteiger partial charge in [-0.15, -0.1) is 0 Å². The molecule has 0 saturated heterocycles. The number of nitrogens with two attached hydrogens (primary N) is 1. The molecule has 4 rings (SSSR count). The SMILES string of the molecule is NC(Cc1ccccc1)c1ccc2c3c(cccc13)CC2. The van der Waals surface area contributed by atoms with Gasteiger partial charge in [-0.3, -0.25) is 0 Å². The molecule has 1 aliphatic rings. The maximum absolute atomic E-state index is 6.51. The van der Waals surface area contributed by atoms with Gasteiger partial charge in [-0.05, 0) is 52.3 Å². The summed E-state index contributed by atoms with van der Waals surface area (Å²) in [6.07, 6.45) is 3.23. The molecule has 0 bridgehead atoms. The lowest BCUT2D eigenvalue weighted by molar-refractivity contribution is 0.728. The van der Waals surface area contributed by atoms with Crippen molar-refractivity contribution in [2.45, 2.75) is 25.3 Å². The van der Waals surface area contributed by atoms with Crippen LogP contribution in [0.4, 0.5) is 0 Å². The van der Waals surface area contributed by atoms with Crippen molar-refractivity contribution < 1.29 is 0 Å². The van der Waals surface area contributed by atoms with Crippen molar-refractivity contribution in [2.75, 3.05) is 0 Å². The molecule has 21 heavy (non-hydrogen) atoms. The standard InChI is InChI=1S/C20H19N/c21-19(13-14-5-2-1-3-6-14)17-12-11-16-10-9-15-7-4-8-18(17)20(15)16/h1-8,11-12,19H,9-10,13,21H2. The number of benzene rings is 3. The van der Waals surface area contributed by atoms with Crippen molar-refractivity contribution in [2.24, 2.45) is 5.73 Å². The van der Waals surface area contributed by atoms with Crippen LogP contribution in [0.3, 0.4) is 0 Å². The first-order valence-corrected chi connectivity index (χ1v) is 7.66. The molecule has 1 nitrogen and oxygen atoms in total. The zero-order valence-electron chi connectivity index (χ0n) is 12.0. The molecule has 3 aromatic rings. The minimum absolute atomic E-state index is 0.0531. The van der Waals surface area contributed by atoms with Gasteiger partial charge in [0.05, 0.1) is 0 Å². The van der Waals surface area contributed by atoms with Gasteiger partial charge < -0.3 is 5.73 Å². The van der Waals surface area contributed by atoms with E-state index in [0.717, 1.165) is 6.42 Å². The van der Waals surface area contributed by atoms with Gasteiger partial charge in [-0.2, -0.15) is 0 Å². The number of rotatable bonds is 3. The average molecular weight is 273 g/mol. The Hall–Kier alpha value is -2.12. The van der Waals surface area contributed by atoms with E-state index in [-0.39, 0.29) is 6.04 Å². The van der Waals surface area contributed by atoms with Crippen molar-refractivity contribution in [3.05, 3.63) is 82.9 Å². The van der Waals surface area contributed by atoms with Crippen molar-refractivity contribution in [1.29, 1.82) is 0 Å². The molecule has 3 aromatic carbocycles. The molecule has 0 fully saturated rings. The Labute approximate surface area is 125 Å². The fourth-order valence-electron chi connectivity index (χ4n) is 3.57. The summed E-state index contributed by atoms with van der Waals surface area (Å²) in [5.74, 6) is 0. The van der Waals surface area contributed by atoms with Crippen LogP contribution >= 0.6 is 0 Å². The van der Waals surface area contributed by atoms with E-state index in [1.54, 1.807) is 0 Å². The van der Waals surface area contributed by atoms with Gasteiger partial charge in [0.1, 0.15) is 0 Å². The molecule has 1 unspecified atom stereocenters. The molecule has 0 amide bonds. The molecule has 0 heterocycles. The van der Waals surface area contributed by atoms with Crippen molar-refractivity contribution in [1.82, 2.24) is 0 Å². The maximum atomic E-state index is 6.51. The van der Waals surface area contributed by atoms with Gasteiger partial charge in [0.25, 0.3) is 0 Å². The smallest absolute Gasteiger partial charge is 0.0341 e. The second-order valence-electron chi connectivity index (χ2n) is 5.95. The van der Waals surface area contributed by atoms with Crippen LogP contribution in [-0.4, -0.2) is 0 Å². The Bertz CT molecular complexity index is 779. The summed E-state index contributed by atoms with van der Waals surface area (Å²) in [6, 6.07) is 21.7. The van der Waals surface area contributed by atoms with Crippen LogP contribution in [0.2, 0.25) is 0 Å². The molecule has 2 N–H and O–H groups in total. The third-order valence-corrected chi connectivity index (χ3v) is 4.61. The lowest BCUT2D eigenvalue weighted by atomic mass is 9.93. The quantitative estimate of drug-likeness (QED) is 0.761. The number of aryl methyl sites for hydroxylation is 2. The van der Waals surface area contributed by atoms with Gasteiger partial charge in [0.2, 0.25) is 0 Å². The number of hydrogen-bond donors (Lipinski definition) is 1. The second kappa shape index (κ2) is 5.01. The van der Waals surface area contributed by atoms with E-state index in [2.05, 4.69) is 54.6 Å². The molecule has 1 aliphatic carbocycles. The largest absolute Gasteiger partial charge is 0.324 e. The second-order valence-corrected chi connectivity index (χ2v) is 5.95. The summed E-state index contributed by atoms with van der Waals surface area (Å²) in [5, 5.41) is 2.81. The molecule has 0 radical (unpaired) electrons. The van der Waals surface area contributed by atoms with E-state index in [4.69, 9.17) is 5.73 Å². The Kier molecular flexibility index (Phi) is 3.01. The first-order chi connectivity index (χ1) is 10.3. The van der Waals surface area contributed by atoms with Gasteiger partial charge in [-0.25, -0.2) is 0 Å². The molecule has 1 heteroatoms. The summed E-state index contributed by atoms with van der Waals surface area (Å²) in [4.78, 5) is 0. The van der Waals surface area contributed by atoms with Gasteiger partial charge >= 0.3 is 0 Å². The van der Waals surface area contributed by atoms with Gasteiger partial charge in [-0.1, -0.05) is 60.7 Å². The molecule has 1 atom stereocenters. The third kappa shape index (κ3) is 2.14. The van der Waals surface area contributed by atoms with Crippen LogP contribution in [0.5, 0.6) is 0 Å². The van der Waals surface area contributed by atoms with E-state index >= 15 is 0 Å². The highest BCUT2D eigenvalue weighted by atomic mass is 14.6. The molecule has 0 aromatic heterocycles. The topological polar surface area (TPSA) is 26.0 Å². The molecule has 0 spiro atoms. The Morgan fingerprint density at radius 2 is 1.57 bits per heavy atom. The van der Waals surface area contributed by atoms with Crippen LogP contribution in [0.25, 0.3) is 10.8 Å². The fourth-order valence-corrected chi connectivity index (χ4v) is 3.57. The van der Waals surface area contributed by atoms with Gasteiger partial charge in [0, 0.05) is 6.04 Å². The molecule has 104 valence electrons. The summed E-state index contributed by atoms with van der Waals surface area (Å²) in [7, 11) is 0. The lowest BCUT2D eigenvalue weighted by Crippen LogP contribution is -2.14. The van der Waals surface area contributed by atoms with E-state index in [1.165, 1.54) is 45.9 Å². The van der Waals surface area contributed by atoms with E-state index in [0.29, 0.717) is 0 Å². The first kappa shape index (κ1) is 12.6. The summed E-state index contributed by atoms with van der Waals surface area (Å²) < 4.78 is 0. The highest BCUT2D eigenvalue weighted by molar-refractivity contribution is 5.93. The van der Waals surface area contributed by atoms with Crippen LogP contribution < -0.4 is 5.73 Å². The Balaban J connectivity index is 1.77. The van der Waals surface area contributed by atoms with E-state index in [9.17, 15) is 0 Å². The van der Waals surface area contributed by atoms with Crippen molar-refractivity contribution >= 4 is 10.8 Å². The Morgan fingerprint density at radius 3 is 2.38 bits per heavy atom. The summed E-state index contributed by atoms with van der Waals surface area (Å²) >= 11 is 0.